The molecule has 196 valence electrons. The summed E-state index contributed by atoms with van der Waals surface area (Å²) in [4.78, 5) is 24.7. The molecular weight excluding hydrogens is 478 g/mol. The Morgan fingerprint density at radius 2 is 1.84 bits per heavy atom. The number of carbonyl (C=O) groups is 1. The first-order chi connectivity index (χ1) is 18.6. The van der Waals surface area contributed by atoms with Crippen LogP contribution in [0.2, 0.25) is 0 Å². The SMILES string of the molecule is Cc1c(C(=O)Nc2ccc([C@]3(C#N)CC[C@@H](N4CCOCC4)CC3)nc2)cnn1-c1ccc(C2CC2)cn1. The largest absolute Gasteiger partial charge is 0.379 e. The molecule has 0 aromatic carbocycles. The molecule has 0 spiro atoms. The van der Waals surface area contributed by atoms with Crippen molar-refractivity contribution in [2.24, 2.45) is 0 Å². The van der Waals surface area contributed by atoms with Crippen molar-refractivity contribution in [3.8, 4) is 11.9 Å². The molecule has 1 N–H and O–H groups in total. The third-order valence-corrected chi connectivity index (χ3v) is 8.39. The molecule has 9 heteroatoms. The fraction of sp³-hybridized carbons (Fsp3) is 0.483. The van der Waals surface area contributed by atoms with Gasteiger partial charge in [0.05, 0.1) is 59.7 Å². The maximum atomic E-state index is 13.0. The van der Waals surface area contributed by atoms with E-state index in [0.717, 1.165) is 63.4 Å². The minimum absolute atomic E-state index is 0.251. The van der Waals surface area contributed by atoms with Crippen LogP contribution in [-0.2, 0) is 10.2 Å². The molecule has 2 aliphatic carbocycles. The lowest BCUT2D eigenvalue weighted by molar-refractivity contribution is 0.00493. The Hall–Kier alpha value is -3.61. The fourth-order valence-corrected chi connectivity index (χ4v) is 5.82. The van der Waals surface area contributed by atoms with E-state index in [-0.39, 0.29) is 5.91 Å². The van der Waals surface area contributed by atoms with Crippen molar-refractivity contribution in [3.05, 3.63) is 65.4 Å². The van der Waals surface area contributed by atoms with Crippen molar-refractivity contribution >= 4 is 11.6 Å². The van der Waals surface area contributed by atoms with Gasteiger partial charge in [0.1, 0.15) is 0 Å². The van der Waals surface area contributed by atoms with Gasteiger partial charge < -0.3 is 10.1 Å². The zero-order valence-corrected chi connectivity index (χ0v) is 21.8. The van der Waals surface area contributed by atoms with Gasteiger partial charge in [0.2, 0.25) is 0 Å². The summed E-state index contributed by atoms with van der Waals surface area (Å²) < 4.78 is 7.18. The first-order valence-corrected chi connectivity index (χ1v) is 13.6. The summed E-state index contributed by atoms with van der Waals surface area (Å²) >= 11 is 0. The summed E-state index contributed by atoms with van der Waals surface area (Å²) in [5, 5.41) is 17.5. The number of nitriles is 1. The van der Waals surface area contributed by atoms with E-state index >= 15 is 0 Å². The van der Waals surface area contributed by atoms with Crippen LogP contribution in [0.1, 0.15) is 71.8 Å². The molecule has 0 atom stereocenters. The Morgan fingerprint density at radius 3 is 2.47 bits per heavy atom. The molecule has 3 fully saturated rings. The maximum Gasteiger partial charge on any atom is 0.259 e. The third kappa shape index (κ3) is 4.82. The molecule has 1 amide bonds. The van der Waals surface area contributed by atoms with Gasteiger partial charge in [0.15, 0.2) is 5.82 Å². The topological polar surface area (TPSA) is 109 Å². The van der Waals surface area contributed by atoms with Crippen molar-refractivity contribution in [3.63, 3.8) is 0 Å². The van der Waals surface area contributed by atoms with Crippen LogP contribution in [0.5, 0.6) is 0 Å². The fourth-order valence-electron chi connectivity index (χ4n) is 5.82. The molecule has 0 unspecified atom stereocenters. The van der Waals surface area contributed by atoms with Crippen molar-refractivity contribution < 1.29 is 9.53 Å². The molecule has 2 saturated carbocycles. The van der Waals surface area contributed by atoms with E-state index in [2.05, 4.69) is 37.4 Å². The number of anilines is 1. The summed E-state index contributed by atoms with van der Waals surface area (Å²) in [7, 11) is 0. The monoisotopic (exact) mass is 511 g/mol. The van der Waals surface area contributed by atoms with Crippen LogP contribution >= 0.6 is 0 Å². The minimum atomic E-state index is -0.578. The number of ether oxygens (including phenoxy) is 1. The van der Waals surface area contributed by atoms with E-state index in [1.165, 1.54) is 18.4 Å². The third-order valence-electron chi connectivity index (χ3n) is 8.39. The number of morpholine rings is 1. The summed E-state index contributed by atoms with van der Waals surface area (Å²) in [5.74, 6) is 1.09. The van der Waals surface area contributed by atoms with E-state index < -0.39 is 5.41 Å². The highest BCUT2D eigenvalue weighted by Gasteiger charge is 2.40. The van der Waals surface area contributed by atoms with E-state index in [9.17, 15) is 10.1 Å². The summed E-state index contributed by atoms with van der Waals surface area (Å²) in [5.41, 5.74) is 3.26. The van der Waals surface area contributed by atoms with Crippen LogP contribution in [0.3, 0.4) is 0 Å². The van der Waals surface area contributed by atoms with Gasteiger partial charge in [-0.2, -0.15) is 10.4 Å². The molecule has 1 aliphatic heterocycles. The van der Waals surface area contributed by atoms with Crippen LogP contribution in [0, 0.1) is 18.3 Å². The number of aromatic nitrogens is 4. The second-order valence-electron chi connectivity index (χ2n) is 10.7. The first-order valence-electron chi connectivity index (χ1n) is 13.6. The maximum absolute atomic E-state index is 13.0. The normalized spacial score (nSPS) is 24.1. The Labute approximate surface area is 222 Å². The van der Waals surface area contributed by atoms with Gasteiger partial charge in [-0.05, 0) is 75.1 Å². The highest BCUT2D eigenvalue weighted by molar-refractivity contribution is 6.04. The zero-order valence-electron chi connectivity index (χ0n) is 21.8. The highest BCUT2D eigenvalue weighted by Crippen LogP contribution is 2.40. The van der Waals surface area contributed by atoms with E-state index in [1.54, 1.807) is 17.1 Å². The summed E-state index contributed by atoms with van der Waals surface area (Å²) in [6, 6.07) is 10.9. The number of nitrogens with zero attached hydrogens (tertiary/aromatic N) is 6. The van der Waals surface area contributed by atoms with E-state index in [1.807, 2.05) is 31.3 Å². The van der Waals surface area contributed by atoms with Crippen LogP contribution in [0.25, 0.3) is 5.82 Å². The Bertz CT molecular complexity index is 1320. The minimum Gasteiger partial charge on any atom is -0.379 e. The van der Waals surface area contributed by atoms with Gasteiger partial charge in [-0.15, -0.1) is 0 Å². The molecule has 3 aromatic heterocycles. The van der Waals surface area contributed by atoms with Crippen LogP contribution in [-0.4, -0.2) is 62.9 Å². The lowest BCUT2D eigenvalue weighted by atomic mass is 9.71. The number of hydrogen-bond acceptors (Lipinski definition) is 7. The molecule has 0 bridgehead atoms. The number of carbonyl (C=O) groups excluding carboxylic acids is 1. The van der Waals surface area contributed by atoms with Crippen molar-refractivity contribution in [1.29, 1.82) is 5.26 Å². The number of amides is 1. The molecule has 3 aliphatic rings. The van der Waals surface area contributed by atoms with E-state index in [4.69, 9.17) is 4.74 Å². The highest BCUT2D eigenvalue weighted by atomic mass is 16.5. The average Bonchev–Trinajstić information content (AvgIpc) is 3.75. The van der Waals surface area contributed by atoms with Gasteiger partial charge in [-0.3, -0.25) is 14.7 Å². The molecular formula is C29H33N7O2. The molecule has 4 heterocycles. The Morgan fingerprint density at radius 1 is 1.05 bits per heavy atom. The summed E-state index contributed by atoms with van der Waals surface area (Å²) in [6.45, 7) is 5.39. The Balaban J connectivity index is 1.10. The second-order valence-corrected chi connectivity index (χ2v) is 10.7. The summed E-state index contributed by atoms with van der Waals surface area (Å²) in [6.07, 6.45) is 11.1. The number of hydrogen-bond donors (Lipinski definition) is 1. The number of pyridine rings is 2. The molecule has 1 saturated heterocycles. The average molecular weight is 512 g/mol. The van der Waals surface area contributed by atoms with Crippen LogP contribution in [0.15, 0.2) is 42.9 Å². The molecule has 6 rings (SSSR count). The smallest absolute Gasteiger partial charge is 0.259 e. The predicted octanol–water partition coefficient (Wildman–Crippen LogP) is 4.14. The van der Waals surface area contributed by atoms with Crippen LogP contribution in [0.4, 0.5) is 5.69 Å². The zero-order chi connectivity index (χ0) is 26.1. The van der Waals surface area contributed by atoms with Gasteiger partial charge in [0, 0.05) is 25.3 Å². The predicted molar refractivity (Wildman–Crippen MR) is 142 cm³/mol. The molecule has 9 nitrogen and oxygen atoms in total. The van der Waals surface area contributed by atoms with Crippen LogP contribution < -0.4 is 5.32 Å². The Kier molecular flexibility index (Phi) is 6.68. The van der Waals surface area contributed by atoms with Gasteiger partial charge in [-0.25, -0.2) is 9.67 Å². The van der Waals surface area contributed by atoms with Gasteiger partial charge >= 0.3 is 0 Å². The van der Waals surface area contributed by atoms with Crippen molar-refractivity contribution in [2.75, 3.05) is 31.6 Å². The molecule has 3 aromatic rings. The van der Waals surface area contributed by atoms with Gasteiger partial charge in [0.25, 0.3) is 5.91 Å². The first kappa shape index (κ1) is 24.7. The lowest BCUT2D eigenvalue weighted by Gasteiger charge is -2.41. The lowest BCUT2D eigenvalue weighted by Crippen LogP contribution is -2.47. The van der Waals surface area contributed by atoms with Gasteiger partial charge in [-0.1, -0.05) is 6.07 Å². The number of nitrogens with one attached hydrogen (secondary N) is 1. The standard InChI is InChI=1S/C29H33N7O2/c1-20-25(18-33-36(20)27-7-4-22(16-32-27)21-2-3-21)28(37)34-23-5-6-26(31-17-23)29(19-30)10-8-24(9-11-29)35-12-14-38-15-13-35/h4-7,16-18,21,24H,2-3,8-15H2,1H3,(H,34,37)/t24-,29-. The quantitative estimate of drug-likeness (QED) is 0.530. The molecule has 38 heavy (non-hydrogen) atoms. The van der Waals surface area contributed by atoms with E-state index in [0.29, 0.717) is 29.0 Å². The van der Waals surface area contributed by atoms with Crippen molar-refractivity contribution in [2.45, 2.75) is 62.8 Å². The number of rotatable bonds is 6. The molecule has 0 radical (unpaired) electrons. The second kappa shape index (κ2) is 10.3. The van der Waals surface area contributed by atoms with Crippen molar-refractivity contribution in [1.82, 2.24) is 24.6 Å².